The van der Waals surface area contributed by atoms with Gasteiger partial charge in [0.1, 0.15) is 5.60 Å². The Balaban J connectivity index is 1.78. The summed E-state index contributed by atoms with van der Waals surface area (Å²) in [6.07, 6.45) is 0.0206. The molecule has 214 valence electrons. The van der Waals surface area contributed by atoms with Crippen molar-refractivity contribution >= 4 is 6.09 Å². The van der Waals surface area contributed by atoms with Gasteiger partial charge in [-0.15, -0.1) is 0 Å². The number of aliphatic hydroxyl groups is 1. The lowest BCUT2D eigenvalue weighted by Crippen LogP contribution is -2.52. The Hall–Kier alpha value is -3.89. The third kappa shape index (κ3) is 8.80. The number of carbonyl (C=O) groups excluding carboxylic acids is 1. The van der Waals surface area contributed by atoms with E-state index in [1.54, 1.807) is 4.90 Å². The van der Waals surface area contributed by atoms with Gasteiger partial charge in [-0.2, -0.15) is 0 Å². The van der Waals surface area contributed by atoms with E-state index in [0.717, 1.165) is 23.1 Å². The van der Waals surface area contributed by atoms with Gasteiger partial charge in [0.2, 0.25) is 0 Å². The van der Waals surface area contributed by atoms with Crippen LogP contribution in [0.2, 0.25) is 0 Å². The molecule has 0 spiro atoms. The number of hydrogen-bond acceptors (Lipinski definition) is 3. The Morgan fingerprint density at radius 3 is 1.63 bits per heavy atom. The first-order valence-corrected chi connectivity index (χ1v) is 14.6. The van der Waals surface area contributed by atoms with Gasteiger partial charge in [-0.1, -0.05) is 128 Å². The summed E-state index contributed by atoms with van der Waals surface area (Å²) in [5.74, 6) is -0.115. The monoisotopic (exact) mass is 549 g/mol. The molecule has 2 unspecified atom stereocenters. The smallest absolute Gasteiger partial charge is 0.410 e. The first-order valence-electron chi connectivity index (χ1n) is 14.6. The van der Waals surface area contributed by atoms with E-state index in [-0.39, 0.29) is 11.8 Å². The van der Waals surface area contributed by atoms with Gasteiger partial charge in [0.15, 0.2) is 0 Å². The zero-order chi connectivity index (χ0) is 29.2. The molecule has 4 aromatic rings. The van der Waals surface area contributed by atoms with Crippen LogP contribution in [0, 0.1) is 5.92 Å². The van der Waals surface area contributed by atoms with E-state index in [0.29, 0.717) is 13.0 Å². The highest BCUT2D eigenvalue weighted by Gasteiger charge is 2.39. The van der Waals surface area contributed by atoms with E-state index >= 15 is 0 Å². The molecule has 1 N–H and O–H groups in total. The lowest BCUT2D eigenvalue weighted by atomic mass is 9.76. The Morgan fingerprint density at radius 1 is 0.707 bits per heavy atom. The number of aliphatic hydroxyl groups excluding tert-OH is 1. The van der Waals surface area contributed by atoms with Crippen molar-refractivity contribution in [1.29, 1.82) is 0 Å². The second-order valence-electron chi connectivity index (χ2n) is 11.9. The lowest BCUT2D eigenvalue weighted by Gasteiger charge is -2.41. The molecule has 0 bridgehead atoms. The second kappa shape index (κ2) is 14.1. The quantitative estimate of drug-likeness (QED) is 0.206. The average Bonchev–Trinajstić information content (AvgIpc) is 2.96. The van der Waals surface area contributed by atoms with Gasteiger partial charge in [-0.25, -0.2) is 4.79 Å². The van der Waals surface area contributed by atoms with E-state index in [1.807, 2.05) is 93.6 Å². The molecule has 4 heteroatoms. The summed E-state index contributed by atoms with van der Waals surface area (Å²) in [6, 6.07) is 40.1. The van der Waals surface area contributed by atoms with E-state index in [2.05, 4.69) is 55.5 Å². The Labute approximate surface area is 245 Å². The minimum absolute atomic E-state index is 0.102. The summed E-state index contributed by atoms with van der Waals surface area (Å²) >= 11 is 0. The molecular formula is C37H43NO3. The third-order valence-corrected chi connectivity index (χ3v) is 7.47. The summed E-state index contributed by atoms with van der Waals surface area (Å²) in [5.41, 5.74) is 3.65. The summed E-state index contributed by atoms with van der Waals surface area (Å²) in [6.45, 7) is 8.16. The van der Waals surface area contributed by atoms with Gasteiger partial charge in [-0.3, -0.25) is 4.90 Å². The molecule has 4 rings (SSSR count). The zero-order valence-corrected chi connectivity index (χ0v) is 24.7. The van der Waals surface area contributed by atoms with Crippen LogP contribution < -0.4 is 0 Å². The van der Waals surface area contributed by atoms with Crippen LogP contribution in [0.25, 0.3) is 0 Å². The first-order chi connectivity index (χ1) is 19.7. The number of ether oxygens (including phenoxy) is 1. The average molecular weight is 550 g/mol. The highest BCUT2D eigenvalue weighted by atomic mass is 16.6. The molecule has 0 fully saturated rings. The summed E-state index contributed by atoms with van der Waals surface area (Å²) in [4.78, 5) is 15.7. The number of hydrogen-bond donors (Lipinski definition) is 1. The van der Waals surface area contributed by atoms with Crippen LogP contribution in [0.5, 0.6) is 0 Å². The maximum absolute atomic E-state index is 13.9. The summed E-state index contributed by atoms with van der Waals surface area (Å²) < 4.78 is 5.96. The van der Waals surface area contributed by atoms with E-state index in [1.165, 1.54) is 5.56 Å². The Kier molecular flexibility index (Phi) is 10.4. The number of nitrogens with zero attached hydrogens (tertiary/aromatic N) is 1. The van der Waals surface area contributed by atoms with Gasteiger partial charge >= 0.3 is 6.09 Å². The fraction of sp³-hybridized carbons (Fsp3) is 0.324. The molecule has 4 nitrogen and oxygen atoms in total. The maximum atomic E-state index is 13.9. The Bertz CT molecular complexity index is 1320. The van der Waals surface area contributed by atoms with Crippen molar-refractivity contribution in [3.63, 3.8) is 0 Å². The molecule has 0 aliphatic rings. The summed E-state index contributed by atoms with van der Waals surface area (Å²) in [7, 11) is 0. The van der Waals surface area contributed by atoms with Crippen LogP contribution in [0.3, 0.4) is 0 Å². The Morgan fingerprint density at radius 2 is 1.15 bits per heavy atom. The molecule has 0 aliphatic carbocycles. The topological polar surface area (TPSA) is 49.8 Å². The van der Waals surface area contributed by atoms with Crippen molar-refractivity contribution in [2.45, 2.75) is 70.7 Å². The van der Waals surface area contributed by atoms with Gasteiger partial charge in [0, 0.05) is 12.5 Å². The maximum Gasteiger partial charge on any atom is 0.410 e. The molecule has 0 radical (unpaired) electrons. The van der Waals surface area contributed by atoms with E-state index in [4.69, 9.17) is 4.74 Å². The fourth-order valence-corrected chi connectivity index (χ4v) is 5.58. The van der Waals surface area contributed by atoms with Crippen LogP contribution in [-0.4, -0.2) is 33.8 Å². The zero-order valence-electron chi connectivity index (χ0n) is 24.7. The first kappa shape index (κ1) is 30.1. The minimum Gasteiger partial charge on any atom is -0.444 e. The summed E-state index contributed by atoms with van der Waals surface area (Å²) in [5, 5.41) is 12.5. The van der Waals surface area contributed by atoms with E-state index in [9.17, 15) is 9.90 Å². The molecule has 0 saturated carbocycles. The van der Waals surface area contributed by atoms with Crippen LogP contribution in [0.1, 0.15) is 55.9 Å². The third-order valence-electron chi connectivity index (χ3n) is 7.47. The van der Waals surface area contributed by atoms with Gasteiger partial charge in [-0.05, 0) is 61.8 Å². The predicted octanol–water partition coefficient (Wildman–Crippen LogP) is 8.06. The highest BCUT2D eigenvalue weighted by molar-refractivity contribution is 5.69. The molecule has 0 aromatic heterocycles. The van der Waals surface area contributed by atoms with Crippen LogP contribution >= 0.6 is 0 Å². The second-order valence-corrected chi connectivity index (χ2v) is 11.9. The fourth-order valence-electron chi connectivity index (χ4n) is 5.58. The van der Waals surface area contributed by atoms with Crippen LogP contribution in [0.15, 0.2) is 121 Å². The predicted molar refractivity (Wildman–Crippen MR) is 167 cm³/mol. The number of benzene rings is 4. The molecule has 4 atom stereocenters. The molecule has 4 aromatic carbocycles. The van der Waals surface area contributed by atoms with Crippen molar-refractivity contribution in [3.8, 4) is 0 Å². The van der Waals surface area contributed by atoms with Gasteiger partial charge in [0.25, 0.3) is 0 Å². The molecule has 0 aliphatic heterocycles. The number of rotatable bonds is 11. The van der Waals surface area contributed by atoms with Crippen LogP contribution in [-0.2, 0) is 24.1 Å². The molecule has 0 heterocycles. The van der Waals surface area contributed by atoms with Crippen molar-refractivity contribution < 1.29 is 14.6 Å². The molecule has 0 saturated heterocycles. The standard InChI is InChI=1S/C37H43NO3/c1-28(25-29-17-9-5-10-18-29)34(32-23-15-8-16-24-32)35(39)33(26-30-19-11-6-12-20-30)38(36(40)41-37(2,3)4)27-31-21-13-7-14-22-31/h5-24,28,33-35,39H,25-27H2,1-4H3/t28-,33-,34?,35?/m0/s1. The lowest BCUT2D eigenvalue weighted by molar-refractivity contribution is -0.0190. The van der Waals surface area contributed by atoms with Crippen molar-refractivity contribution in [3.05, 3.63) is 144 Å². The van der Waals surface area contributed by atoms with E-state index < -0.39 is 23.8 Å². The van der Waals surface area contributed by atoms with Gasteiger partial charge < -0.3 is 9.84 Å². The number of amides is 1. The van der Waals surface area contributed by atoms with Crippen molar-refractivity contribution in [1.82, 2.24) is 4.90 Å². The molecular weight excluding hydrogens is 506 g/mol. The van der Waals surface area contributed by atoms with Crippen LogP contribution in [0.4, 0.5) is 4.79 Å². The van der Waals surface area contributed by atoms with Crippen molar-refractivity contribution in [2.75, 3.05) is 0 Å². The van der Waals surface area contributed by atoms with Gasteiger partial charge in [0.05, 0.1) is 12.1 Å². The molecule has 1 amide bonds. The minimum atomic E-state index is -0.854. The largest absolute Gasteiger partial charge is 0.444 e. The van der Waals surface area contributed by atoms with Crippen molar-refractivity contribution in [2.24, 2.45) is 5.92 Å². The molecule has 41 heavy (non-hydrogen) atoms. The number of carbonyl (C=O) groups is 1. The SMILES string of the molecule is C[C@@H](Cc1ccccc1)C(c1ccccc1)C(O)[C@H](Cc1ccccc1)N(Cc1ccccc1)C(=O)OC(C)(C)C. The highest BCUT2D eigenvalue weighted by Crippen LogP contribution is 2.35. The normalized spacial score (nSPS) is 14.5.